The van der Waals surface area contributed by atoms with Gasteiger partial charge in [-0.1, -0.05) is 91.9 Å². The number of hydrogen-bond acceptors (Lipinski definition) is 2. The fourth-order valence-electron chi connectivity index (χ4n) is 4.19. The highest BCUT2D eigenvalue weighted by Crippen LogP contribution is 2.69. The molecule has 4 aromatic carbocycles. The third-order valence-electron chi connectivity index (χ3n) is 5.47. The molecular weight excluding hydrogens is 443 g/mol. The molecule has 0 nitrogen and oxygen atoms in total. The van der Waals surface area contributed by atoms with E-state index in [9.17, 15) is 0 Å². The van der Waals surface area contributed by atoms with Crippen LogP contribution in [-0.4, -0.2) is 12.0 Å². The van der Waals surface area contributed by atoms with E-state index in [0.717, 1.165) is 5.75 Å². The van der Waals surface area contributed by atoms with Gasteiger partial charge in [-0.3, -0.25) is 0 Å². The van der Waals surface area contributed by atoms with Gasteiger partial charge < -0.3 is 0 Å². The minimum Gasteiger partial charge on any atom is -0.119 e. The van der Waals surface area contributed by atoms with Gasteiger partial charge in [0.05, 0.1) is 4.24 Å². The molecule has 4 rings (SSSR count). The lowest BCUT2D eigenvalue weighted by Gasteiger charge is -2.31. The smallest absolute Gasteiger partial charge is 0.119 e. The molecule has 0 atom stereocenters. The van der Waals surface area contributed by atoms with Crippen LogP contribution in [0.2, 0.25) is 0 Å². The van der Waals surface area contributed by atoms with Gasteiger partial charge in [0, 0.05) is 5.56 Å². The molecule has 160 valence electrons. The Kier molecular flexibility index (Phi) is 7.92. The number of thioether (sulfide) groups is 2. The Bertz CT molecular complexity index is 1040. The van der Waals surface area contributed by atoms with Crippen molar-refractivity contribution in [3.63, 3.8) is 0 Å². The van der Waals surface area contributed by atoms with Crippen LogP contribution in [0.4, 0.5) is 0 Å². The zero-order valence-corrected chi connectivity index (χ0v) is 21.0. The fourth-order valence-corrected chi connectivity index (χ4v) is 11.5. The molecule has 3 heteroatoms. The van der Waals surface area contributed by atoms with Crippen LogP contribution in [0, 0.1) is 0 Å². The normalized spacial score (nSPS) is 12.3. The van der Waals surface area contributed by atoms with Gasteiger partial charge in [-0.2, -0.15) is 0 Å². The predicted octanol–water partition coefficient (Wildman–Crippen LogP) is 7.42. The molecule has 0 N–H and O–H groups in total. The molecule has 0 saturated carbocycles. The van der Waals surface area contributed by atoms with Crippen molar-refractivity contribution in [2.24, 2.45) is 0 Å². The third-order valence-corrected chi connectivity index (χ3v) is 12.3. The largest absolute Gasteiger partial charge is 0.146 e. The van der Waals surface area contributed by atoms with Crippen LogP contribution < -0.4 is 15.9 Å². The van der Waals surface area contributed by atoms with Crippen molar-refractivity contribution in [2.45, 2.75) is 6.92 Å². The second kappa shape index (κ2) is 11.1. The van der Waals surface area contributed by atoms with Crippen LogP contribution in [0.5, 0.6) is 0 Å². The summed E-state index contributed by atoms with van der Waals surface area (Å²) < 4.78 is 1.41. The van der Waals surface area contributed by atoms with Crippen LogP contribution in [0.15, 0.2) is 126 Å². The molecular formula is C29H28PS2+. The summed E-state index contributed by atoms with van der Waals surface area (Å²) in [7, 11) is -2.15. The minimum absolute atomic E-state index is 1.05. The van der Waals surface area contributed by atoms with Crippen LogP contribution in [0.3, 0.4) is 0 Å². The topological polar surface area (TPSA) is 0 Å². The van der Waals surface area contributed by atoms with E-state index in [1.165, 1.54) is 31.0 Å². The minimum atomic E-state index is -2.15. The number of benzene rings is 4. The van der Waals surface area contributed by atoms with Crippen LogP contribution in [0.1, 0.15) is 12.5 Å². The molecule has 0 radical (unpaired) electrons. The standard InChI is InChI=1S/C29H28PS2/c1-3-32-29(31-2)28(24-16-8-4-9-17-24)30(25-18-10-5-11-19-25,26-20-12-6-13-21-26)27-22-14-7-15-23-27/h4-23H,3H2,1-2H3/q+1. The van der Waals surface area contributed by atoms with Crippen molar-refractivity contribution < 1.29 is 0 Å². The van der Waals surface area contributed by atoms with Crippen molar-refractivity contribution in [1.82, 2.24) is 0 Å². The molecule has 0 aliphatic carbocycles. The summed E-state index contributed by atoms with van der Waals surface area (Å²) in [6.07, 6.45) is 2.22. The highest BCUT2D eigenvalue weighted by molar-refractivity contribution is 8.23. The predicted molar refractivity (Wildman–Crippen MR) is 150 cm³/mol. The monoisotopic (exact) mass is 471 g/mol. The van der Waals surface area contributed by atoms with Gasteiger partial charge in [0.1, 0.15) is 28.5 Å². The second-order valence-electron chi connectivity index (χ2n) is 7.32. The molecule has 0 unspecified atom stereocenters. The Labute approximate surface area is 201 Å². The Hall–Kier alpha value is -2.25. The Morgan fingerprint density at radius 2 is 0.969 bits per heavy atom. The van der Waals surface area contributed by atoms with Crippen LogP contribution in [0.25, 0.3) is 5.31 Å². The summed E-state index contributed by atoms with van der Waals surface area (Å²) in [4.78, 5) is 0. The maximum Gasteiger partial charge on any atom is 0.146 e. The van der Waals surface area contributed by atoms with Crippen molar-refractivity contribution in [2.75, 3.05) is 12.0 Å². The van der Waals surface area contributed by atoms with E-state index in [1.807, 2.05) is 23.5 Å². The molecule has 0 aromatic heterocycles. The number of rotatable bonds is 8. The van der Waals surface area contributed by atoms with Gasteiger partial charge in [0.25, 0.3) is 0 Å². The molecule has 0 aliphatic heterocycles. The van der Waals surface area contributed by atoms with Gasteiger partial charge in [-0.15, -0.1) is 23.5 Å². The number of hydrogen-bond donors (Lipinski definition) is 0. The average molecular weight is 472 g/mol. The van der Waals surface area contributed by atoms with Crippen molar-refractivity contribution in [3.05, 3.63) is 131 Å². The van der Waals surface area contributed by atoms with Gasteiger partial charge in [-0.05, 0) is 48.4 Å². The van der Waals surface area contributed by atoms with Gasteiger partial charge in [0.15, 0.2) is 0 Å². The van der Waals surface area contributed by atoms with Crippen molar-refractivity contribution >= 4 is 52.0 Å². The quantitative estimate of drug-likeness (QED) is 0.245. The molecule has 32 heavy (non-hydrogen) atoms. The van der Waals surface area contributed by atoms with Crippen molar-refractivity contribution in [1.29, 1.82) is 0 Å². The van der Waals surface area contributed by atoms with Gasteiger partial charge >= 0.3 is 0 Å². The first-order valence-electron chi connectivity index (χ1n) is 10.8. The second-order valence-corrected chi connectivity index (χ2v) is 13.0. The van der Waals surface area contributed by atoms with Crippen LogP contribution in [-0.2, 0) is 0 Å². The molecule has 0 aliphatic rings. The lowest BCUT2D eigenvalue weighted by Crippen LogP contribution is -2.32. The SMILES string of the molecule is CCSC(SC)=C(c1ccccc1)[P+](c1ccccc1)(c1ccccc1)c1ccccc1. The van der Waals surface area contributed by atoms with E-state index in [1.54, 1.807) is 0 Å². The Morgan fingerprint density at radius 3 is 1.31 bits per heavy atom. The van der Waals surface area contributed by atoms with E-state index in [2.05, 4.69) is 135 Å². The first-order valence-corrected chi connectivity index (χ1v) is 14.8. The van der Waals surface area contributed by atoms with E-state index in [4.69, 9.17) is 0 Å². The average Bonchev–Trinajstić information content (AvgIpc) is 2.88. The molecule has 0 amide bonds. The first kappa shape index (κ1) is 22.9. The maximum absolute atomic E-state index is 2.32. The van der Waals surface area contributed by atoms with E-state index < -0.39 is 7.26 Å². The zero-order valence-electron chi connectivity index (χ0n) is 18.5. The summed E-state index contributed by atoms with van der Waals surface area (Å²) in [6.45, 7) is 2.25. The van der Waals surface area contributed by atoms with Gasteiger partial charge in [-0.25, -0.2) is 0 Å². The van der Waals surface area contributed by atoms with E-state index in [-0.39, 0.29) is 0 Å². The highest BCUT2D eigenvalue weighted by atomic mass is 32.2. The summed E-state index contributed by atoms with van der Waals surface area (Å²) in [5, 5.41) is 5.62. The molecule has 0 saturated heterocycles. The highest BCUT2D eigenvalue weighted by Gasteiger charge is 2.51. The summed E-state index contributed by atoms with van der Waals surface area (Å²) in [5.74, 6) is 1.05. The summed E-state index contributed by atoms with van der Waals surface area (Å²) in [6, 6.07) is 44.4. The molecule has 0 heterocycles. The summed E-state index contributed by atoms with van der Waals surface area (Å²) >= 11 is 3.84. The molecule has 0 spiro atoms. The van der Waals surface area contributed by atoms with Crippen LogP contribution >= 0.6 is 30.8 Å². The lowest BCUT2D eigenvalue weighted by atomic mass is 10.2. The Morgan fingerprint density at radius 1 is 0.594 bits per heavy atom. The molecule has 0 fully saturated rings. The zero-order chi connectivity index (χ0) is 22.2. The molecule has 4 aromatic rings. The first-order chi connectivity index (χ1) is 15.8. The van der Waals surface area contributed by atoms with Gasteiger partial charge in [0.2, 0.25) is 0 Å². The van der Waals surface area contributed by atoms with E-state index in [0.29, 0.717) is 0 Å². The van der Waals surface area contributed by atoms with E-state index >= 15 is 0 Å². The fraction of sp³-hybridized carbons (Fsp3) is 0.103. The maximum atomic E-state index is 2.32. The Balaban J connectivity index is 2.22. The third kappa shape index (κ3) is 4.46. The lowest BCUT2D eigenvalue weighted by molar-refractivity contribution is 1.53. The molecule has 0 bridgehead atoms. The summed E-state index contributed by atoms with van der Waals surface area (Å²) in [5.41, 5.74) is 1.31. The van der Waals surface area contributed by atoms with Crippen molar-refractivity contribution in [3.8, 4) is 0 Å².